The predicted molar refractivity (Wildman–Crippen MR) is 76.9 cm³/mol. The van der Waals surface area contributed by atoms with E-state index in [9.17, 15) is 18.0 Å². The number of nitrogens with one attached hydrogen (secondary N) is 1. The summed E-state index contributed by atoms with van der Waals surface area (Å²) in [7, 11) is -2.45. The van der Waals surface area contributed by atoms with Gasteiger partial charge in [-0.05, 0) is 25.1 Å². The first-order valence-electron chi connectivity index (χ1n) is 5.95. The van der Waals surface area contributed by atoms with Crippen LogP contribution in [-0.2, 0) is 14.8 Å². The summed E-state index contributed by atoms with van der Waals surface area (Å²) >= 11 is 5.67. The Morgan fingerprint density at radius 3 is 2.52 bits per heavy atom. The van der Waals surface area contributed by atoms with Crippen molar-refractivity contribution in [3.8, 4) is 0 Å². The minimum Gasteiger partial charge on any atom is -0.478 e. The molecule has 1 amide bonds. The maximum Gasteiger partial charge on any atom is 0.337 e. The van der Waals surface area contributed by atoms with Crippen molar-refractivity contribution in [2.45, 2.75) is 11.8 Å². The number of carbonyl (C=O) groups excluding carboxylic acids is 1. The molecule has 21 heavy (non-hydrogen) atoms. The second-order valence-corrected chi connectivity index (χ2v) is 6.35. The van der Waals surface area contributed by atoms with Crippen molar-refractivity contribution in [2.75, 3.05) is 20.1 Å². The molecule has 0 fully saturated rings. The van der Waals surface area contributed by atoms with Crippen LogP contribution in [0.5, 0.6) is 0 Å². The van der Waals surface area contributed by atoms with E-state index in [1.165, 1.54) is 17.0 Å². The first-order valence-corrected chi connectivity index (χ1v) is 7.81. The number of likely N-dealkylation sites (N-methyl/N-ethyl adjacent to an activating group) is 1. The number of nitrogens with zero attached hydrogens (tertiary/aromatic N) is 1. The molecule has 0 unspecified atom stereocenters. The average Bonchev–Trinajstić information content (AvgIpc) is 2.43. The van der Waals surface area contributed by atoms with Gasteiger partial charge in [-0.3, -0.25) is 4.79 Å². The van der Waals surface area contributed by atoms with Crippen LogP contribution in [0.15, 0.2) is 23.1 Å². The van der Waals surface area contributed by atoms with Crippen molar-refractivity contribution in [1.29, 1.82) is 0 Å². The molecule has 0 radical (unpaired) electrons. The number of sulfonamides is 1. The van der Waals surface area contributed by atoms with Crippen LogP contribution in [-0.4, -0.2) is 50.4 Å². The second-order valence-electron chi connectivity index (χ2n) is 4.18. The van der Waals surface area contributed by atoms with Gasteiger partial charge in [0.15, 0.2) is 0 Å². The molecule has 9 heteroatoms. The van der Waals surface area contributed by atoms with Gasteiger partial charge in [0.25, 0.3) is 0 Å². The molecule has 7 nitrogen and oxygen atoms in total. The van der Waals surface area contributed by atoms with Gasteiger partial charge in [0.05, 0.1) is 22.0 Å². The molecular formula is C12H15ClN2O5S. The van der Waals surface area contributed by atoms with E-state index in [1.807, 2.05) is 0 Å². The number of carboxylic acids is 1. The lowest BCUT2D eigenvalue weighted by molar-refractivity contribution is -0.128. The molecule has 0 saturated carbocycles. The Kier molecular flexibility index (Phi) is 5.70. The molecule has 1 aromatic rings. The Labute approximate surface area is 127 Å². The topological polar surface area (TPSA) is 104 Å². The number of hydrogen-bond donors (Lipinski definition) is 2. The number of amides is 1. The standard InChI is InChI=1S/C12H15ClN2O5S/c1-3-15(2)11(16)7-14-21(19,20)8-4-5-10(13)9(6-8)12(17)18/h4-6,14H,3,7H2,1-2H3,(H,17,18). The Balaban J connectivity index is 2.96. The monoisotopic (exact) mass is 334 g/mol. The van der Waals surface area contributed by atoms with E-state index in [-0.39, 0.29) is 15.5 Å². The van der Waals surface area contributed by atoms with Crippen LogP contribution in [0, 0.1) is 0 Å². The number of hydrogen-bond acceptors (Lipinski definition) is 4. The summed E-state index contributed by atoms with van der Waals surface area (Å²) in [4.78, 5) is 23.6. The van der Waals surface area contributed by atoms with Crippen LogP contribution in [0.1, 0.15) is 17.3 Å². The highest BCUT2D eigenvalue weighted by molar-refractivity contribution is 7.89. The van der Waals surface area contributed by atoms with Gasteiger partial charge < -0.3 is 10.0 Å². The molecule has 0 aliphatic carbocycles. The Bertz CT molecular complexity index is 660. The first-order chi connectivity index (χ1) is 9.69. The number of aromatic carboxylic acids is 1. The summed E-state index contributed by atoms with van der Waals surface area (Å²) in [6.45, 7) is 1.80. The van der Waals surface area contributed by atoms with Crippen LogP contribution >= 0.6 is 11.6 Å². The normalized spacial score (nSPS) is 11.2. The highest BCUT2D eigenvalue weighted by Crippen LogP contribution is 2.20. The minimum atomic E-state index is -3.99. The summed E-state index contributed by atoms with van der Waals surface area (Å²) in [5.41, 5.74) is -0.323. The third-order valence-electron chi connectivity index (χ3n) is 2.79. The van der Waals surface area contributed by atoms with E-state index >= 15 is 0 Å². The number of halogens is 1. The molecule has 2 N–H and O–H groups in total. The quantitative estimate of drug-likeness (QED) is 0.800. The van der Waals surface area contributed by atoms with Gasteiger partial charge in [0.1, 0.15) is 0 Å². The fourth-order valence-electron chi connectivity index (χ4n) is 1.39. The number of rotatable bonds is 6. The van der Waals surface area contributed by atoms with Gasteiger partial charge >= 0.3 is 5.97 Å². The highest BCUT2D eigenvalue weighted by Gasteiger charge is 2.19. The van der Waals surface area contributed by atoms with Crippen LogP contribution in [0.4, 0.5) is 0 Å². The number of carbonyl (C=O) groups is 2. The first kappa shape index (κ1) is 17.4. The summed E-state index contributed by atoms with van der Waals surface area (Å²) in [5, 5.41) is 8.85. The van der Waals surface area contributed by atoms with Crippen molar-refractivity contribution in [2.24, 2.45) is 0 Å². The zero-order valence-corrected chi connectivity index (χ0v) is 13.0. The molecule has 1 rings (SSSR count). The van der Waals surface area contributed by atoms with E-state index in [1.54, 1.807) is 14.0 Å². The lowest BCUT2D eigenvalue weighted by Gasteiger charge is -2.15. The number of benzene rings is 1. The molecule has 0 saturated heterocycles. The summed E-state index contributed by atoms with van der Waals surface area (Å²) in [6.07, 6.45) is 0. The lowest BCUT2D eigenvalue weighted by Crippen LogP contribution is -2.38. The molecule has 1 aromatic carbocycles. The maximum atomic E-state index is 12.0. The van der Waals surface area contributed by atoms with Gasteiger partial charge in [-0.1, -0.05) is 11.6 Å². The summed E-state index contributed by atoms with van der Waals surface area (Å²) in [5.74, 6) is -1.73. The maximum absolute atomic E-state index is 12.0. The zero-order valence-electron chi connectivity index (χ0n) is 11.5. The largest absolute Gasteiger partial charge is 0.478 e. The van der Waals surface area contributed by atoms with Gasteiger partial charge in [0.2, 0.25) is 15.9 Å². The molecule has 0 aliphatic heterocycles. The smallest absolute Gasteiger partial charge is 0.337 e. The molecule has 0 heterocycles. The molecule has 0 spiro atoms. The van der Waals surface area contributed by atoms with E-state index in [4.69, 9.17) is 16.7 Å². The van der Waals surface area contributed by atoms with Crippen LogP contribution < -0.4 is 4.72 Å². The average molecular weight is 335 g/mol. The fraction of sp³-hybridized carbons (Fsp3) is 0.333. The molecule has 0 bridgehead atoms. The van der Waals surface area contributed by atoms with Crippen molar-refractivity contribution < 1.29 is 23.1 Å². The SMILES string of the molecule is CCN(C)C(=O)CNS(=O)(=O)c1ccc(Cl)c(C(=O)O)c1. The van der Waals surface area contributed by atoms with Crippen LogP contribution in [0.25, 0.3) is 0 Å². The Morgan fingerprint density at radius 2 is 2.00 bits per heavy atom. The van der Waals surface area contributed by atoms with Crippen molar-refractivity contribution in [1.82, 2.24) is 9.62 Å². The Morgan fingerprint density at radius 1 is 1.38 bits per heavy atom. The predicted octanol–water partition coefficient (Wildman–Crippen LogP) is 0.795. The molecule has 0 aromatic heterocycles. The fourth-order valence-corrected chi connectivity index (χ4v) is 2.59. The minimum absolute atomic E-state index is 0.0664. The second kappa shape index (κ2) is 6.88. The van der Waals surface area contributed by atoms with Gasteiger partial charge in [0, 0.05) is 13.6 Å². The van der Waals surface area contributed by atoms with Crippen LogP contribution in [0.3, 0.4) is 0 Å². The van der Waals surface area contributed by atoms with Crippen molar-refractivity contribution in [3.05, 3.63) is 28.8 Å². The molecule has 0 aliphatic rings. The molecule has 0 atom stereocenters. The molecule has 116 valence electrons. The zero-order chi connectivity index (χ0) is 16.2. The highest BCUT2D eigenvalue weighted by atomic mass is 35.5. The van der Waals surface area contributed by atoms with E-state index in [0.717, 1.165) is 6.07 Å². The van der Waals surface area contributed by atoms with Gasteiger partial charge in [-0.2, -0.15) is 0 Å². The van der Waals surface area contributed by atoms with E-state index in [0.29, 0.717) is 6.54 Å². The van der Waals surface area contributed by atoms with Gasteiger partial charge in [-0.25, -0.2) is 17.9 Å². The van der Waals surface area contributed by atoms with Crippen molar-refractivity contribution in [3.63, 3.8) is 0 Å². The van der Waals surface area contributed by atoms with E-state index in [2.05, 4.69) is 4.72 Å². The third kappa shape index (κ3) is 4.42. The molecular weight excluding hydrogens is 320 g/mol. The lowest BCUT2D eigenvalue weighted by atomic mass is 10.2. The van der Waals surface area contributed by atoms with E-state index < -0.39 is 28.4 Å². The summed E-state index contributed by atoms with van der Waals surface area (Å²) < 4.78 is 26.2. The van der Waals surface area contributed by atoms with Crippen LogP contribution in [0.2, 0.25) is 5.02 Å². The van der Waals surface area contributed by atoms with Crippen molar-refractivity contribution >= 4 is 33.5 Å². The number of carboxylic acid groups (broad SMARTS) is 1. The van der Waals surface area contributed by atoms with Gasteiger partial charge in [-0.15, -0.1) is 0 Å². The third-order valence-corrected chi connectivity index (χ3v) is 4.52. The summed E-state index contributed by atoms with van der Waals surface area (Å²) in [6, 6.07) is 3.30. The Hall–Kier alpha value is -1.64.